The average molecular weight is 353 g/mol. The molecule has 0 fully saturated rings. The summed E-state index contributed by atoms with van der Waals surface area (Å²) in [4.78, 5) is 12.4. The number of carbonyl (C=O) groups is 1. The predicted octanol–water partition coefficient (Wildman–Crippen LogP) is 5.67. The summed E-state index contributed by atoms with van der Waals surface area (Å²) in [6.45, 7) is 0.408. The molecule has 3 heteroatoms. The highest BCUT2D eigenvalue weighted by Crippen LogP contribution is 2.21. The maximum Gasteiger partial charge on any atom is 0.255 e. The fraction of sp³-hybridized carbons (Fsp3) is 0.0417. The molecule has 3 nitrogen and oxygen atoms in total. The minimum absolute atomic E-state index is 0.131. The number of hydrogen-bond acceptors (Lipinski definition) is 2. The molecular formula is C24H19NO2. The van der Waals surface area contributed by atoms with Gasteiger partial charge < -0.3 is 10.1 Å². The molecule has 0 aromatic heterocycles. The third kappa shape index (κ3) is 4.15. The summed E-state index contributed by atoms with van der Waals surface area (Å²) >= 11 is 0. The second-order valence-electron chi connectivity index (χ2n) is 6.32. The SMILES string of the molecule is O=C(Nc1ccccc1)c1cccc(COc2ccc3ccccc3c2)c1. The third-order valence-corrected chi connectivity index (χ3v) is 4.35. The standard InChI is InChI=1S/C24H19NO2/c26-24(25-22-11-2-1-3-12-22)21-10-6-7-18(15-21)17-27-23-14-13-19-8-4-5-9-20(19)16-23/h1-16H,17H2,(H,25,26). The molecule has 1 N–H and O–H groups in total. The smallest absolute Gasteiger partial charge is 0.255 e. The quantitative estimate of drug-likeness (QED) is 0.502. The van der Waals surface area contributed by atoms with Crippen molar-refractivity contribution < 1.29 is 9.53 Å². The van der Waals surface area contributed by atoms with Gasteiger partial charge in [0, 0.05) is 11.3 Å². The third-order valence-electron chi connectivity index (χ3n) is 4.35. The summed E-state index contributed by atoms with van der Waals surface area (Å²) in [6, 6.07) is 31.2. The van der Waals surface area contributed by atoms with Gasteiger partial charge in [0.25, 0.3) is 5.91 Å². The Bertz CT molecular complexity index is 1070. The number of para-hydroxylation sites is 1. The summed E-state index contributed by atoms with van der Waals surface area (Å²) < 4.78 is 5.92. The van der Waals surface area contributed by atoms with E-state index >= 15 is 0 Å². The fourth-order valence-electron chi connectivity index (χ4n) is 2.95. The molecule has 4 aromatic rings. The van der Waals surface area contributed by atoms with E-state index in [0.29, 0.717) is 12.2 Å². The minimum Gasteiger partial charge on any atom is -0.489 e. The molecule has 1 amide bonds. The molecule has 132 valence electrons. The van der Waals surface area contributed by atoms with Crippen LogP contribution in [0.4, 0.5) is 5.69 Å². The van der Waals surface area contributed by atoms with Gasteiger partial charge >= 0.3 is 0 Å². The van der Waals surface area contributed by atoms with E-state index < -0.39 is 0 Å². The van der Waals surface area contributed by atoms with Gasteiger partial charge in [0.2, 0.25) is 0 Å². The van der Waals surface area contributed by atoms with Gasteiger partial charge in [-0.3, -0.25) is 4.79 Å². The lowest BCUT2D eigenvalue weighted by molar-refractivity contribution is 0.102. The maximum atomic E-state index is 12.4. The van der Waals surface area contributed by atoms with E-state index in [1.54, 1.807) is 6.07 Å². The number of fused-ring (bicyclic) bond motifs is 1. The van der Waals surface area contributed by atoms with Gasteiger partial charge in [0.15, 0.2) is 0 Å². The molecule has 0 saturated carbocycles. The van der Waals surface area contributed by atoms with E-state index in [0.717, 1.165) is 22.4 Å². The normalized spacial score (nSPS) is 10.5. The lowest BCUT2D eigenvalue weighted by atomic mass is 10.1. The number of anilines is 1. The molecular weight excluding hydrogens is 334 g/mol. The Kier molecular flexibility index (Phi) is 4.84. The monoisotopic (exact) mass is 353 g/mol. The first-order valence-corrected chi connectivity index (χ1v) is 8.85. The van der Waals surface area contributed by atoms with Crippen LogP contribution in [0, 0.1) is 0 Å². The van der Waals surface area contributed by atoms with Crippen molar-refractivity contribution in [1.82, 2.24) is 0 Å². The highest BCUT2D eigenvalue weighted by Gasteiger charge is 2.07. The summed E-state index contributed by atoms with van der Waals surface area (Å²) in [5, 5.41) is 5.23. The Morgan fingerprint density at radius 2 is 1.52 bits per heavy atom. The van der Waals surface area contributed by atoms with Crippen LogP contribution in [-0.2, 0) is 6.61 Å². The lowest BCUT2D eigenvalue weighted by Crippen LogP contribution is -2.12. The number of nitrogens with one attached hydrogen (secondary N) is 1. The zero-order valence-corrected chi connectivity index (χ0v) is 14.8. The van der Waals surface area contributed by atoms with E-state index in [9.17, 15) is 4.79 Å². The van der Waals surface area contributed by atoms with Gasteiger partial charge in [-0.2, -0.15) is 0 Å². The van der Waals surface area contributed by atoms with Crippen molar-refractivity contribution in [3.8, 4) is 5.75 Å². The maximum absolute atomic E-state index is 12.4. The average Bonchev–Trinajstić information content (AvgIpc) is 2.73. The Hall–Kier alpha value is -3.59. The molecule has 0 atom stereocenters. The van der Waals surface area contributed by atoms with Crippen molar-refractivity contribution in [2.75, 3.05) is 5.32 Å². The zero-order valence-electron chi connectivity index (χ0n) is 14.8. The van der Waals surface area contributed by atoms with Crippen LogP contribution in [0.25, 0.3) is 10.8 Å². The highest BCUT2D eigenvalue weighted by atomic mass is 16.5. The van der Waals surface area contributed by atoms with Gasteiger partial charge in [-0.25, -0.2) is 0 Å². The number of hydrogen-bond donors (Lipinski definition) is 1. The molecule has 0 unspecified atom stereocenters. The van der Waals surface area contributed by atoms with E-state index in [1.807, 2.05) is 78.9 Å². The molecule has 4 aromatic carbocycles. The lowest BCUT2D eigenvalue weighted by Gasteiger charge is -2.09. The first kappa shape index (κ1) is 16.9. The molecule has 4 rings (SSSR count). The van der Waals surface area contributed by atoms with Crippen LogP contribution in [0.5, 0.6) is 5.75 Å². The van der Waals surface area contributed by atoms with Crippen LogP contribution >= 0.6 is 0 Å². The summed E-state index contributed by atoms with van der Waals surface area (Å²) in [5.41, 5.74) is 2.34. The van der Waals surface area contributed by atoms with Gasteiger partial charge in [-0.1, -0.05) is 60.7 Å². The number of ether oxygens (including phenoxy) is 1. The van der Waals surface area contributed by atoms with Crippen LogP contribution in [0.2, 0.25) is 0 Å². The second-order valence-corrected chi connectivity index (χ2v) is 6.32. The molecule has 0 bridgehead atoms. The van der Waals surface area contributed by atoms with Gasteiger partial charge in [-0.05, 0) is 52.7 Å². The van der Waals surface area contributed by atoms with E-state index in [-0.39, 0.29) is 5.91 Å². The second kappa shape index (κ2) is 7.75. The highest BCUT2D eigenvalue weighted by molar-refractivity contribution is 6.04. The number of benzene rings is 4. The summed E-state index contributed by atoms with van der Waals surface area (Å²) in [5.74, 6) is 0.682. The van der Waals surface area contributed by atoms with E-state index in [4.69, 9.17) is 4.74 Å². The van der Waals surface area contributed by atoms with E-state index in [2.05, 4.69) is 17.4 Å². The largest absolute Gasteiger partial charge is 0.489 e. The molecule has 0 heterocycles. The zero-order chi connectivity index (χ0) is 18.5. The van der Waals surface area contributed by atoms with Crippen molar-refractivity contribution in [3.63, 3.8) is 0 Å². The molecule has 0 saturated heterocycles. The first-order valence-electron chi connectivity index (χ1n) is 8.85. The number of rotatable bonds is 5. The molecule has 0 radical (unpaired) electrons. The molecule has 0 aliphatic heterocycles. The first-order chi connectivity index (χ1) is 13.3. The molecule has 0 aliphatic carbocycles. The molecule has 27 heavy (non-hydrogen) atoms. The fourth-order valence-corrected chi connectivity index (χ4v) is 2.95. The van der Waals surface area contributed by atoms with Gasteiger partial charge in [0.1, 0.15) is 12.4 Å². The van der Waals surface area contributed by atoms with Crippen molar-refractivity contribution in [1.29, 1.82) is 0 Å². The summed E-state index contributed by atoms with van der Waals surface area (Å²) in [6.07, 6.45) is 0. The minimum atomic E-state index is -0.131. The topological polar surface area (TPSA) is 38.3 Å². The van der Waals surface area contributed by atoms with Crippen LogP contribution in [0.1, 0.15) is 15.9 Å². The Morgan fingerprint density at radius 3 is 2.37 bits per heavy atom. The number of carbonyl (C=O) groups excluding carboxylic acids is 1. The summed E-state index contributed by atoms with van der Waals surface area (Å²) in [7, 11) is 0. The molecule has 0 aliphatic rings. The van der Waals surface area contributed by atoms with Crippen molar-refractivity contribution >= 4 is 22.4 Å². The van der Waals surface area contributed by atoms with Crippen molar-refractivity contribution in [3.05, 3.63) is 108 Å². The Balaban J connectivity index is 1.44. The van der Waals surface area contributed by atoms with Crippen molar-refractivity contribution in [2.45, 2.75) is 6.61 Å². The Labute approximate surface area is 158 Å². The van der Waals surface area contributed by atoms with Crippen LogP contribution < -0.4 is 10.1 Å². The van der Waals surface area contributed by atoms with Crippen LogP contribution in [-0.4, -0.2) is 5.91 Å². The molecule has 0 spiro atoms. The van der Waals surface area contributed by atoms with Crippen molar-refractivity contribution in [2.24, 2.45) is 0 Å². The Morgan fingerprint density at radius 1 is 0.741 bits per heavy atom. The van der Waals surface area contributed by atoms with Crippen LogP contribution in [0.3, 0.4) is 0 Å². The van der Waals surface area contributed by atoms with E-state index in [1.165, 1.54) is 5.39 Å². The number of amides is 1. The van der Waals surface area contributed by atoms with Crippen LogP contribution in [0.15, 0.2) is 97.1 Å². The van der Waals surface area contributed by atoms with Gasteiger partial charge in [-0.15, -0.1) is 0 Å². The predicted molar refractivity (Wildman–Crippen MR) is 109 cm³/mol. The van der Waals surface area contributed by atoms with Gasteiger partial charge in [0.05, 0.1) is 0 Å².